The molecule has 0 aliphatic carbocycles. The third-order valence-corrected chi connectivity index (χ3v) is 6.12. The summed E-state index contributed by atoms with van der Waals surface area (Å²) in [7, 11) is 0. The number of aliphatic hydroxyl groups is 1. The summed E-state index contributed by atoms with van der Waals surface area (Å²) >= 11 is 15.0. The molecule has 3 aromatic rings. The molecule has 0 aromatic heterocycles. The van der Waals surface area contributed by atoms with Gasteiger partial charge in [-0.05, 0) is 46.7 Å². The molecule has 1 unspecified atom stereocenters. The molecule has 36 heavy (non-hydrogen) atoms. The van der Waals surface area contributed by atoms with Crippen molar-refractivity contribution in [3.05, 3.63) is 85.6 Å². The van der Waals surface area contributed by atoms with Gasteiger partial charge in [-0.15, -0.1) is 12.1 Å². The molecular formula is C26H26BrCl2F3LiNO2. The Morgan fingerprint density at radius 2 is 1.44 bits per heavy atom. The van der Waals surface area contributed by atoms with Crippen molar-refractivity contribution in [2.45, 2.75) is 58.0 Å². The third-order valence-electron chi connectivity index (χ3n) is 4.99. The number of alkyl halides is 3. The summed E-state index contributed by atoms with van der Waals surface area (Å²) in [6, 6.07) is 14.0. The van der Waals surface area contributed by atoms with Crippen LogP contribution in [-0.4, -0.2) is 29.1 Å². The van der Waals surface area contributed by atoms with Crippen molar-refractivity contribution in [1.82, 2.24) is 0 Å². The summed E-state index contributed by atoms with van der Waals surface area (Å²) in [6.07, 6.45) is -6.33. The Kier molecular flexibility index (Phi) is 12.5. The van der Waals surface area contributed by atoms with Crippen molar-refractivity contribution in [3.63, 3.8) is 0 Å². The van der Waals surface area contributed by atoms with Gasteiger partial charge in [-0.25, -0.2) is 0 Å². The van der Waals surface area contributed by atoms with E-state index in [2.05, 4.69) is 48.9 Å². The van der Waals surface area contributed by atoms with Crippen molar-refractivity contribution in [1.29, 1.82) is 0 Å². The van der Waals surface area contributed by atoms with E-state index in [9.17, 15) is 23.1 Å². The monoisotopic (exact) mass is 597 g/mol. The smallest absolute Gasteiger partial charge is 0.658 e. The van der Waals surface area contributed by atoms with Gasteiger partial charge in [0, 0.05) is 20.1 Å². The Bertz CT molecular complexity index is 1170. The number of Topliss-reactive ketones (excluding diaryl/α,β-unsaturated/α-hetero) is 1. The van der Waals surface area contributed by atoms with Crippen molar-refractivity contribution in [3.8, 4) is 0 Å². The topological polar surface area (TPSA) is 51.4 Å². The van der Waals surface area contributed by atoms with Crippen LogP contribution in [0.15, 0.2) is 59.1 Å². The van der Waals surface area contributed by atoms with E-state index < -0.39 is 29.5 Å². The minimum atomic E-state index is -5.12. The maximum Gasteiger partial charge on any atom is 1.00 e. The number of nitrogens with zero attached hydrogens (tertiary/aromatic N) is 1. The average Bonchev–Trinajstić information content (AvgIpc) is 2.72. The van der Waals surface area contributed by atoms with Crippen molar-refractivity contribution in [2.24, 2.45) is 0 Å². The summed E-state index contributed by atoms with van der Waals surface area (Å²) in [5, 5.41) is 15.8. The minimum absolute atomic E-state index is 0. The van der Waals surface area contributed by atoms with Gasteiger partial charge in [0.2, 0.25) is 0 Å². The van der Waals surface area contributed by atoms with Crippen LogP contribution >= 0.6 is 39.1 Å². The van der Waals surface area contributed by atoms with Gasteiger partial charge in [-0.1, -0.05) is 91.1 Å². The number of carbonyl (C=O) groups is 1. The zero-order chi connectivity index (χ0) is 26.6. The number of halogens is 6. The van der Waals surface area contributed by atoms with Crippen LogP contribution in [0.1, 0.15) is 50.0 Å². The molecule has 3 nitrogen and oxygen atoms in total. The quantitative estimate of drug-likeness (QED) is 0.275. The third kappa shape index (κ3) is 8.49. The van der Waals surface area contributed by atoms with E-state index >= 15 is 0 Å². The van der Waals surface area contributed by atoms with Crippen molar-refractivity contribution >= 4 is 55.7 Å². The first-order valence-electron chi connectivity index (χ1n) is 10.8. The van der Waals surface area contributed by atoms with E-state index in [0.29, 0.717) is 27.3 Å². The number of ketones is 1. The molecule has 190 valence electrons. The van der Waals surface area contributed by atoms with E-state index in [-0.39, 0.29) is 34.5 Å². The average molecular weight is 599 g/mol. The Labute approximate surface area is 240 Å². The summed E-state index contributed by atoms with van der Waals surface area (Å²) in [5.41, 5.74) is -3.95. The van der Waals surface area contributed by atoms with E-state index in [1.165, 1.54) is 12.1 Å². The molecule has 1 N–H and O–H groups in total. The number of benzene rings is 3. The molecule has 10 heteroatoms. The van der Waals surface area contributed by atoms with Crippen LogP contribution in [0.4, 0.5) is 13.2 Å². The fourth-order valence-corrected chi connectivity index (χ4v) is 4.59. The number of carbonyl (C=O) groups excluding carboxylic acids is 1. The molecule has 0 aliphatic heterocycles. The molecule has 0 saturated carbocycles. The molecule has 0 fully saturated rings. The second kappa shape index (κ2) is 13.7. The first-order chi connectivity index (χ1) is 16.2. The summed E-state index contributed by atoms with van der Waals surface area (Å²) in [6.45, 7) is 8.39. The molecule has 0 bridgehead atoms. The van der Waals surface area contributed by atoms with Crippen LogP contribution in [0.25, 0.3) is 16.1 Å². The molecule has 0 radical (unpaired) electrons. The summed E-state index contributed by atoms with van der Waals surface area (Å²) in [4.78, 5) is 12.8. The minimum Gasteiger partial charge on any atom is -0.658 e. The Morgan fingerprint density at radius 3 is 1.89 bits per heavy atom. The van der Waals surface area contributed by atoms with Crippen LogP contribution in [0, 0.1) is 0 Å². The molecule has 0 saturated heterocycles. The van der Waals surface area contributed by atoms with Crippen LogP contribution in [0.5, 0.6) is 0 Å². The van der Waals surface area contributed by atoms with Gasteiger partial charge >= 0.3 is 25.0 Å². The fourth-order valence-electron chi connectivity index (χ4n) is 3.59. The second-order valence-electron chi connectivity index (χ2n) is 8.59. The van der Waals surface area contributed by atoms with Crippen molar-refractivity contribution in [2.75, 3.05) is 0 Å². The van der Waals surface area contributed by atoms with E-state index in [4.69, 9.17) is 23.2 Å². The molecule has 1 atom stereocenters. The predicted molar refractivity (Wildman–Crippen MR) is 141 cm³/mol. The Balaban J connectivity index is 0.000000712. The largest absolute Gasteiger partial charge is 1.00 e. The first kappa shape index (κ1) is 33.0. The van der Waals surface area contributed by atoms with Crippen LogP contribution in [-0.2, 0) is 5.60 Å². The van der Waals surface area contributed by atoms with Gasteiger partial charge in [0.1, 0.15) is 0 Å². The predicted octanol–water partition coefficient (Wildman–Crippen LogP) is 6.11. The maximum absolute atomic E-state index is 13.8. The maximum atomic E-state index is 13.8. The summed E-state index contributed by atoms with van der Waals surface area (Å²) in [5.74, 6) is -0.861. The number of fused-ring (bicyclic) bond motifs is 1. The van der Waals surface area contributed by atoms with Gasteiger partial charge in [0.15, 0.2) is 11.4 Å². The van der Waals surface area contributed by atoms with E-state index in [1.807, 2.05) is 0 Å². The molecule has 3 rings (SSSR count). The molecule has 0 spiro atoms. The van der Waals surface area contributed by atoms with Crippen molar-refractivity contribution < 1.29 is 41.9 Å². The van der Waals surface area contributed by atoms with E-state index in [1.54, 1.807) is 30.3 Å². The van der Waals surface area contributed by atoms with Crippen LogP contribution in [0.3, 0.4) is 0 Å². The van der Waals surface area contributed by atoms with Gasteiger partial charge in [0.05, 0.1) is 6.42 Å². The van der Waals surface area contributed by atoms with Gasteiger partial charge in [-0.3, -0.25) is 4.79 Å². The molecule has 0 aliphatic rings. The zero-order valence-electron chi connectivity index (χ0n) is 20.6. The zero-order valence-corrected chi connectivity index (χ0v) is 23.7. The number of hydrogen-bond donors (Lipinski definition) is 1. The van der Waals surface area contributed by atoms with Crippen LogP contribution < -0.4 is 18.9 Å². The number of hydrogen-bond acceptors (Lipinski definition) is 2. The molecule has 0 amide bonds. The Hall–Kier alpha value is -1.04. The second-order valence-corrected chi connectivity index (χ2v) is 10.3. The van der Waals surface area contributed by atoms with Gasteiger partial charge in [-0.2, -0.15) is 13.2 Å². The molecule has 3 aromatic carbocycles. The van der Waals surface area contributed by atoms with Gasteiger partial charge in [0.25, 0.3) is 0 Å². The molecule has 0 heterocycles. The molecular weight excluding hydrogens is 573 g/mol. The standard InChI is InChI=1S/C20H12BrCl2F3O2.C6H14N.Li/c21-17-6-5-16(14-3-1-2-4-15(14)17)18(27)10-19(28,20(24,25)26)11-7-12(22)9-13(23)8-11;1-5(2)7-6(3)4;/h1-9,28H,10H2;5-6H,1-4H3;/q;-1;+1. The normalized spacial score (nSPS) is 13.1. The summed E-state index contributed by atoms with van der Waals surface area (Å²) < 4.78 is 42.1. The SMILES string of the molecule is CC(C)[N-]C(C)C.O=C(CC(O)(c1cc(Cl)cc(Cl)c1)C(F)(F)F)c1ccc(Br)c2ccccc12.[Li+]. The van der Waals surface area contributed by atoms with Crippen LogP contribution in [0.2, 0.25) is 10.0 Å². The fraction of sp³-hybridized carbons (Fsp3) is 0.346. The number of rotatable bonds is 6. The Morgan fingerprint density at radius 1 is 0.944 bits per heavy atom. The van der Waals surface area contributed by atoms with E-state index in [0.717, 1.165) is 12.1 Å². The van der Waals surface area contributed by atoms with Gasteiger partial charge < -0.3 is 10.4 Å². The first-order valence-corrected chi connectivity index (χ1v) is 12.4.